The molecule has 0 fully saturated rings. The molecule has 0 bridgehead atoms. The molecule has 0 aliphatic carbocycles. The Kier molecular flexibility index (Phi) is 42.8. The largest absolute Gasteiger partial charge is 0.545 e. The average Bonchev–Trinajstić information content (AvgIpc) is 3.22. The molecule has 0 saturated carbocycles. The van der Waals surface area contributed by atoms with E-state index in [9.17, 15) is 19.5 Å². The number of rotatable bonds is 47. The summed E-state index contributed by atoms with van der Waals surface area (Å²) in [5.74, 6) is -2.29. The van der Waals surface area contributed by atoms with Gasteiger partial charge in [-0.2, -0.15) is 0 Å². The van der Waals surface area contributed by atoms with Gasteiger partial charge >= 0.3 is 11.9 Å². The lowest BCUT2D eigenvalue weighted by atomic mass is 10.0. The van der Waals surface area contributed by atoms with Crippen LogP contribution < -0.4 is 5.11 Å². The number of carbonyl (C=O) groups is 3. The van der Waals surface area contributed by atoms with Crippen molar-refractivity contribution in [3.05, 3.63) is 24.3 Å². The molecule has 0 amide bonds. The van der Waals surface area contributed by atoms with Gasteiger partial charge in [0.2, 0.25) is 0 Å². The molecule has 61 heavy (non-hydrogen) atoms. The molecular weight excluding hydrogens is 767 g/mol. The predicted octanol–water partition coefficient (Wildman–Crippen LogP) is 12.7. The van der Waals surface area contributed by atoms with Crippen LogP contribution in [0.25, 0.3) is 0 Å². The van der Waals surface area contributed by atoms with Gasteiger partial charge in [-0.15, -0.1) is 0 Å². The lowest BCUT2D eigenvalue weighted by Gasteiger charge is -2.26. The Morgan fingerprint density at radius 1 is 0.492 bits per heavy atom. The van der Waals surface area contributed by atoms with E-state index in [0.29, 0.717) is 23.9 Å². The van der Waals surface area contributed by atoms with E-state index in [4.69, 9.17) is 18.9 Å². The third-order valence-electron chi connectivity index (χ3n) is 11.2. The zero-order valence-electron chi connectivity index (χ0n) is 40.5. The van der Waals surface area contributed by atoms with Gasteiger partial charge in [0.15, 0.2) is 12.4 Å². The van der Waals surface area contributed by atoms with Gasteiger partial charge in [0, 0.05) is 12.8 Å². The van der Waals surface area contributed by atoms with Gasteiger partial charge in [0.05, 0.1) is 40.3 Å². The molecule has 0 aromatic rings. The van der Waals surface area contributed by atoms with Crippen molar-refractivity contribution >= 4 is 17.9 Å². The Bertz CT molecular complexity index is 1050. The van der Waals surface area contributed by atoms with Crippen molar-refractivity contribution in [3.63, 3.8) is 0 Å². The highest BCUT2D eigenvalue weighted by Gasteiger charge is 2.22. The van der Waals surface area contributed by atoms with Crippen molar-refractivity contribution in [1.82, 2.24) is 0 Å². The number of carboxylic acids is 1. The monoisotopic (exact) mass is 864 g/mol. The fraction of sp³-hybridized carbons (Fsp3) is 0.865. The van der Waals surface area contributed by atoms with Crippen LogP contribution in [0.15, 0.2) is 24.3 Å². The van der Waals surface area contributed by atoms with E-state index in [1.165, 1.54) is 141 Å². The van der Waals surface area contributed by atoms with Crippen LogP contribution in [0, 0.1) is 0 Å². The molecule has 358 valence electrons. The van der Waals surface area contributed by atoms with Crippen LogP contribution in [0.1, 0.15) is 232 Å². The summed E-state index contributed by atoms with van der Waals surface area (Å²) in [5.41, 5.74) is 0. The number of carbonyl (C=O) groups excluding carboxylic acids is 3. The van der Waals surface area contributed by atoms with Crippen LogP contribution >= 0.6 is 0 Å². The number of aliphatic carboxylic acids is 1. The maximum atomic E-state index is 12.8. The summed E-state index contributed by atoms with van der Waals surface area (Å²) < 4.78 is 22.6. The highest BCUT2D eigenvalue weighted by atomic mass is 16.7. The summed E-state index contributed by atoms with van der Waals surface area (Å²) in [5, 5.41) is 11.7. The number of unbranched alkanes of at least 4 members (excludes halogenated alkanes) is 28. The standard InChI is InChI=1S/C52H97NO8/c1-6-8-10-12-14-16-18-20-22-24-25-26-27-29-30-32-34-36-38-40-42-49(54)59-46-48(47-60-52(51(56)57)58-45-44-53(3,4)5)61-50(55)43-41-39-37-35-33-31-28-23-21-19-17-15-13-11-9-7-2/h17,19,23,28,48,52H,6-16,18,20-22,24-27,29-47H2,1-5H3/b19-17-,28-23-. The first kappa shape index (κ1) is 58.8. The van der Waals surface area contributed by atoms with Crippen molar-refractivity contribution in [1.29, 1.82) is 0 Å². The summed E-state index contributed by atoms with van der Waals surface area (Å²) >= 11 is 0. The minimum Gasteiger partial charge on any atom is -0.545 e. The van der Waals surface area contributed by atoms with E-state index in [1.807, 2.05) is 21.1 Å². The number of likely N-dealkylation sites (N-methyl/N-ethyl adjacent to an activating group) is 1. The molecule has 0 aromatic carbocycles. The summed E-state index contributed by atoms with van der Waals surface area (Å²) in [6.07, 6.45) is 46.4. The van der Waals surface area contributed by atoms with Crippen molar-refractivity contribution in [2.75, 3.05) is 47.5 Å². The molecule has 2 atom stereocenters. The van der Waals surface area contributed by atoms with Gasteiger partial charge < -0.3 is 33.3 Å². The summed E-state index contributed by atoms with van der Waals surface area (Å²) in [6, 6.07) is 0. The van der Waals surface area contributed by atoms with Crippen LogP contribution in [0.3, 0.4) is 0 Å². The number of hydrogen-bond acceptors (Lipinski definition) is 8. The number of quaternary nitrogens is 1. The van der Waals surface area contributed by atoms with Crippen LogP contribution in [-0.4, -0.2) is 82.3 Å². The molecule has 2 unspecified atom stereocenters. The first-order chi connectivity index (χ1) is 29.6. The van der Waals surface area contributed by atoms with E-state index in [1.54, 1.807) is 0 Å². The van der Waals surface area contributed by atoms with Crippen molar-refractivity contribution < 1.29 is 42.9 Å². The van der Waals surface area contributed by atoms with Gasteiger partial charge in [0.1, 0.15) is 13.2 Å². The van der Waals surface area contributed by atoms with E-state index in [2.05, 4.69) is 38.2 Å². The Labute approximate surface area is 376 Å². The maximum Gasteiger partial charge on any atom is 0.306 e. The topological polar surface area (TPSA) is 111 Å². The number of esters is 2. The zero-order chi connectivity index (χ0) is 44.9. The predicted molar refractivity (Wildman–Crippen MR) is 251 cm³/mol. The summed E-state index contributed by atoms with van der Waals surface area (Å²) in [7, 11) is 5.91. The average molecular weight is 864 g/mol. The second-order valence-electron chi connectivity index (χ2n) is 18.5. The number of hydrogen-bond donors (Lipinski definition) is 0. The number of carboxylic acid groups (broad SMARTS) is 1. The van der Waals surface area contributed by atoms with E-state index in [-0.39, 0.29) is 32.2 Å². The Hall–Kier alpha value is -2.23. The highest BCUT2D eigenvalue weighted by molar-refractivity contribution is 5.70. The van der Waals surface area contributed by atoms with Gasteiger partial charge in [0.25, 0.3) is 0 Å². The van der Waals surface area contributed by atoms with Crippen LogP contribution in [-0.2, 0) is 33.3 Å². The summed E-state index contributed by atoms with van der Waals surface area (Å²) in [4.78, 5) is 37.1. The highest BCUT2D eigenvalue weighted by Crippen LogP contribution is 2.16. The molecule has 0 aliphatic rings. The first-order valence-electron chi connectivity index (χ1n) is 25.5. The minimum atomic E-state index is -1.62. The molecule has 0 heterocycles. The fourth-order valence-corrected chi connectivity index (χ4v) is 7.21. The van der Waals surface area contributed by atoms with E-state index in [0.717, 1.165) is 57.8 Å². The van der Waals surface area contributed by atoms with Gasteiger partial charge in [-0.05, 0) is 44.9 Å². The van der Waals surface area contributed by atoms with E-state index < -0.39 is 24.3 Å². The zero-order valence-corrected chi connectivity index (χ0v) is 40.5. The van der Waals surface area contributed by atoms with Crippen molar-refractivity contribution in [2.45, 2.75) is 245 Å². The molecule has 0 radical (unpaired) electrons. The third-order valence-corrected chi connectivity index (χ3v) is 11.2. The summed E-state index contributed by atoms with van der Waals surface area (Å²) in [6.45, 7) is 4.74. The molecule has 0 spiro atoms. The normalized spacial score (nSPS) is 13.0. The molecule has 0 N–H and O–H groups in total. The lowest BCUT2D eigenvalue weighted by Crippen LogP contribution is -2.44. The van der Waals surface area contributed by atoms with Crippen LogP contribution in [0.2, 0.25) is 0 Å². The molecule has 0 aromatic heterocycles. The quantitative estimate of drug-likeness (QED) is 0.0195. The van der Waals surface area contributed by atoms with Gasteiger partial charge in [-0.25, -0.2) is 0 Å². The molecule has 0 aliphatic heterocycles. The second-order valence-corrected chi connectivity index (χ2v) is 18.5. The Morgan fingerprint density at radius 3 is 1.31 bits per heavy atom. The molecule has 0 rings (SSSR count). The first-order valence-corrected chi connectivity index (χ1v) is 25.5. The third kappa shape index (κ3) is 45.6. The Morgan fingerprint density at radius 2 is 0.885 bits per heavy atom. The van der Waals surface area contributed by atoms with E-state index >= 15 is 0 Å². The van der Waals surface area contributed by atoms with Crippen LogP contribution in [0.5, 0.6) is 0 Å². The number of allylic oxidation sites excluding steroid dienone is 4. The van der Waals surface area contributed by atoms with Gasteiger partial charge in [-0.1, -0.05) is 199 Å². The van der Waals surface area contributed by atoms with Crippen molar-refractivity contribution in [2.24, 2.45) is 0 Å². The molecule has 0 saturated heterocycles. The SMILES string of the molecule is CCCCCC/C=C\C/C=C\CCCCCCCC(=O)OC(COC(=O)CCCCCCCCCCCCCCCCCCCCCC)COC(OCC[N+](C)(C)C)C(=O)[O-]. The van der Waals surface area contributed by atoms with Gasteiger partial charge in [-0.3, -0.25) is 9.59 Å². The smallest absolute Gasteiger partial charge is 0.306 e. The van der Waals surface area contributed by atoms with Crippen LogP contribution in [0.4, 0.5) is 0 Å². The molecular formula is C52H97NO8. The number of ether oxygens (including phenoxy) is 4. The maximum absolute atomic E-state index is 12.8. The Balaban J connectivity index is 4.32. The minimum absolute atomic E-state index is 0.147. The molecule has 9 nitrogen and oxygen atoms in total. The molecule has 9 heteroatoms. The fourth-order valence-electron chi connectivity index (χ4n) is 7.21. The lowest BCUT2D eigenvalue weighted by molar-refractivity contribution is -0.870. The second kappa shape index (κ2) is 44.4. The number of nitrogens with zero attached hydrogens (tertiary/aromatic N) is 1. The van der Waals surface area contributed by atoms with Crippen molar-refractivity contribution in [3.8, 4) is 0 Å².